The summed E-state index contributed by atoms with van der Waals surface area (Å²) in [5, 5.41) is 3.59. The largest absolute Gasteiger partial charge is 0.375 e. The second-order valence-electron chi connectivity index (χ2n) is 5.89. The minimum atomic E-state index is -0.712. The maximum atomic E-state index is 12.4. The van der Waals surface area contributed by atoms with E-state index >= 15 is 0 Å². The van der Waals surface area contributed by atoms with E-state index in [4.69, 9.17) is 22.1 Å². The molecule has 0 heterocycles. The third-order valence-corrected chi connectivity index (χ3v) is 4.25. The maximum absolute atomic E-state index is 12.4. The van der Waals surface area contributed by atoms with E-state index in [-0.39, 0.29) is 18.1 Å². The molecule has 5 heteroatoms. The van der Waals surface area contributed by atoms with Crippen molar-refractivity contribution in [3.8, 4) is 0 Å². The van der Waals surface area contributed by atoms with Gasteiger partial charge in [-0.3, -0.25) is 4.79 Å². The molecule has 0 saturated carbocycles. The molecule has 0 fully saturated rings. The average molecular weight is 347 g/mol. The number of halogens is 1. The minimum Gasteiger partial charge on any atom is -0.375 e. The van der Waals surface area contributed by atoms with Crippen LogP contribution in [0, 0.1) is 6.92 Å². The van der Waals surface area contributed by atoms with E-state index in [0.29, 0.717) is 5.02 Å². The lowest BCUT2D eigenvalue weighted by Crippen LogP contribution is -2.42. The fourth-order valence-corrected chi connectivity index (χ4v) is 2.72. The zero-order chi connectivity index (χ0) is 17.7. The Balaban J connectivity index is 2.05. The van der Waals surface area contributed by atoms with Crippen LogP contribution in [0.1, 0.15) is 35.8 Å². The van der Waals surface area contributed by atoms with E-state index in [9.17, 15) is 4.79 Å². The Morgan fingerprint density at radius 1 is 1.08 bits per heavy atom. The van der Waals surface area contributed by atoms with Crippen LogP contribution in [-0.2, 0) is 9.53 Å². The van der Waals surface area contributed by atoms with Crippen LogP contribution in [0.4, 0.5) is 0 Å². The summed E-state index contributed by atoms with van der Waals surface area (Å²) in [6.07, 6.45) is -0.281. The van der Waals surface area contributed by atoms with Gasteiger partial charge in [-0.25, -0.2) is 0 Å². The lowest BCUT2D eigenvalue weighted by Gasteiger charge is -2.25. The van der Waals surface area contributed by atoms with Crippen molar-refractivity contribution in [2.24, 2.45) is 5.73 Å². The summed E-state index contributed by atoms with van der Waals surface area (Å²) in [5.74, 6) is -0.234. The van der Waals surface area contributed by atoms with Gasteiger partial charge in [-0.1, -0.05) is 53.6 Å². The molecular formula is C19H23ClN2O2. The molecule has 0 saturated heterocycles. The summed E-state index contributed by atoms with van der Waals surface area (Å²) < 4.78 is 5.54. The number of methoxy groups -OCH3 is 1. The van der Waals surface area contributed by atoms with Gasteiger partial charge >= 0.3 is 0 Å². The molecule has 128 valence electrons. The Labute approximate surface area is 148 Å². The number of nitrogens with two attached hydrogens (primary N) is 1. The lowest BCUT2D eigenvalue weighted by molar-refractivity contribution is -0.124. The van der Waals surface area contributed by atoms with Gasteiger partial charge in [0.2, 0.25) is 5.91 Å². The number of amides is 1. The van der Waals surface area contributed by atoms with Gasteiger partial charge in [-0.05, 0) is 37.1 Å². The van der Waals surface area contributed by atoms with Crippen molar-refractivity contribution in [3.63, 3.8) is 0 Å². The molecule has 0 bridgehead atoms. The third kappa shape index (κ3) is 4.57. The first kappa shape index (κ1) is 18.5. The monoisotopic (exact) mass is 346 g/mol. The fourth-order valence-electron chi connectivity index (χ4n) is 2.60. The van der Waals surface area contributed by atoms with Crippen LogP contribution in [-0.4, -0.2) is 19.1 Å². The van der Waals surface area contributed by atoms with Crippen molar-refractivity contribution in [2.75, 3.05) is 7.11 Å². The Morgan fingerprint density at radius 2 is 1.62 bits per heavy atom. The first-order valence-corrected chi connectivity index (χ1v) is 8.21. The number of hydrogen-bond donors (Lipinski definition) is 2. The number of rotatable bonds is 6. The highest BCUT2D eigenvalue weighted by Crippen LogP contribution is 2.23. The van der Waals surface area contributed by atoms with Crippen molar-refractivity contribution in [1.29, 1.82) is 0 Å². The first-order valence-electron chi connectivity index (χ1n) is 7.83. The maximum Gasteiger partial charge on any atom is 0.241 e. The minimum absolute atomic E-state index is 0.234. The molecule has 0 aliphatic carbocycles. The Bertz CT molecular complexity index is 671. The predicted molar refractivity (Wildman–Crippen MR) is 96.9 cm³/mol. The molecule has 2 rings (SSSR count). The molecule has 3 atom stereocenters. The Morgan fingerprint density at radius 3 is 2.17 bits per heavy atom. The van der Waals surface area contributed by atoms with E-state index in [0.717, 1.165) is 16.7 Å². The molecule has 3 unspecified atom stereocenters. The SMILES string of the molecule is COC(c1ccc(Cl)cc1)C(C)NC(=O)C(N)c1ccc(C)cc1. The van der Waals surface area contributed by atoms with Crippen molar-refractivity contribution >= 4 is 17.5 Å². The van der Waals surface area contributed by atoms with E-state index in [1.807, 2.05) is 50.2 Å². The van der Waals surface area contributed by atoms with Gasteiger partial charge < -0.3 is 15.8 Å². The number of ether oxygens (including phenoxy) is 1. The van der Waals surface area contributed by atoms with E-state index in [2.05, 4.69) is 5.32 Å². The second kappa shape index (κ2) is 8.29. The van der Waals surface area contributed by atoms with Gasteiger partial charge in [-0.15, -0.1) is 0 Å². The topological polar surface area (TPSA) is 64.3 Å². The molecular weight excluding hydrogens is 324 g/mol. The second-order valence-corrected chi connectivity index (χ2v) is 6.33. The smallest absolute Gasteiger partial charge is 0.241 e. The molecule has 1 amide bonds. The molecule has 0 aliphatic rings. The molecule has 2 aromatic carbocycles. The van der Waals surface area contributed by atoms with Crippen LogP contribution in [0.3, 0.4) is 0 Å². The quantitative estimate of drug-likeness (QED) is 0.840. The van der Waals surface area contributed by atoms with Crippen molar-refractivity contribution < 1.29 is 9.53 Å². The molecule has 0 aromatic heterocycles. The van der Waals surface area contributed by atoms with Gasteiger partial charge in [0.05, 0.1) is 6.04 Å². The van der Waals surface area contributed by atoms with Crippen molar-refractivity contribution in [2.45, 2.75) is 32.0 Å². The molecule has 0 radical (unpaired) electrons. The Hall–Kier alpha value is -1.88. The van der Waals surface area contributed by atoms with Gasteiger partial charge in [0, 0.05) is 12.1 Å². The number of hydrogen-bond acceptors (Lipinski definition) is 3. The zero-order valence-corrected chi connectivity index (χ0v) is 14.9. The number of benzene rings is 2. The highest BCUT2D eigenvalue weighted by Gasteiger charge is 2.24. The van der Waals surface area contributed by atoms with Gasteiger partial charge in [-0.2, -0.15) is 0 Å². The van der Waals surface area contributed by atoms with Crippen LogP contribution < -0.4 is 11.1 Å². The van der Waals surface area contributed by atoms with Crippen molar-refractivity contribution in [3.05, 3.63) is 70.2 Å². The standard InChI is InChI=1S/C19H23ClN2O2/c1-12-4-6-14(7-5-12)17(21)19(23)22-13(2)18(24-3)15-8-10-16(20)11-9-15/h4-11,13,17-18H,21H2,1-3H3,(H,22,23). The van der Waals surface area contributed by atoms with Gasteiger partial charge in [0.25, 0.3) is 0 Å². The summed E-state index contributed by atoms with van der Waals surface area (Å²) in [6.45, 7) is 3.88. The predicted octanol–water partition coefficient (Wildman–Crippen LogP) is 3.54. The highest BCUT2D eigenvalue weighted by atomic mass is 35.5. The Kier molecular flexibility index (Phi) is 6.37. The number of carbonyl (C=O) groups is 1. The number of aryl methyl sites for hydroxylation is 1. The first-order chi connectivity index (χ1) is 11.4. The van der Waals surface area contributed by atoms with Crippen LogP contribution in [0.2, 0.25) is 5.02 Å². The van der Waals surface area contributed by atoms with E-state index in [1.165, 1.54) is 0 Å². The normalized spacial score (nSPS) is 14.7. The molecule has 2 aromatic rings. The number of nitrogens with one attached hydrogen (secondary N) is 1. The summed E-state index contributed by atoms with van der Waals surface area (Å²) in [7, 11) is 1.61. The van der Waals surface area contributed by atoms with Gasteiger partial charge in [0.1, 0.15) is 12.1 Å². The molecule has 0 spiro atoms. The summed E-state index contributed by atoms with van der Waals surface area (Å²) in [5.41, 5.74) is 8.92. The third-order valence-electron chi connectivity index (χ3n) is 4.00. The lowest BCUT2D eigenvalue weighted by atomic mass is 10.0. The molecule has 3 N–H and O–H groups in total. The molecule has 24 heavy (non-hydrogen) atoms. The van der Waals surface area contributed by atoms with E-state index in [1.54, 1.807) is 19.2 Å². The summed E-state index contributed by atoms with van der Waals surface area (Å²) >= 11 is 5.92. The van der Waals surface area contributed by atoms with Crippen LogP contribution in [0.5, 0.6) is 0 Å². The average Bonchev–Trinajstić information content (AvgIpc) is 2.57. The summed E-state index contributed by atoms with van der Waals surface area (Å²) in [4.78, 5) is 12.4. The summed E-state index contributed by atoms with van der Waals surface area (Å²) in [6, 6.07) is 14.1. The molecule has 4 nitrogen and oxygen atoms in total. The molecule has 0 aliphatic heterocycles. The van der Waals surface area contributed by atoms with Crippen LogP contribution in [0.15, 0.2) is 48.5 Å². The van der Waals surface area contributed by atoms with Crippen LogP contribution >= 0.6 is 11.6 Å². The van der Waals surface area contributed by atoms with Crippen LogP contribution in [0.25, 0.3) is 0 Å². The van der Waals surface area contributed by atoms with Gasteiger partial charge in [0.15, 0.2) is 0 Å². The van der Waals surface area contributed by atoms with Crippen molar-refractivity contribution in [1.82, 2.24) is 5.32 Å². The van der Waals surface area contributed by atoms with E-state index < -0.39 is 6.04 Å². The highest BCUT2D eigenvalue weighted by molar-refractivity contribution is 6.30. The number of carbonyl (C=O) groups excluding carboxylic acids is 1. The fraction of sp³-hybridized carbons (Fsp3) is 0.316. The zero-order valence-electron chi connectivity index (χ0n) is 14.1.